The van der Waals surface area contributed by atoms with E-state index in [9.17, 15) is 0 Å². The quantitative estimate of drug-likeness (QED) is 0.114. The Labute approximate surface area is 634 Å². The van der Waals surface area contributed by atoms with Crippen molar-refractivity contribution in [3.63, 3.8) is 0 Å². The molecule has 0 spiro atoms. The molecule has 0 atom stereocenters. The average Bonchev–Trinajstić information content (AvgIpc) is 1.53. The molecule has 4 aliphatic carbocycles. The van der Waals surface area contributed by atoms with Crippen LogP contribution in [0.1, 0.15) is 106 Å². The van der Waals surface area contributed by atoms with Gasteiger partial charge in [-0.2, -0.15) is 0 Å². The van der Waals surface area contributed by atoms with Gasteiger partial charge in [0.15, 0.2) is 0 Å². The van der Waals surface area contributed by atoms with E-state index in [-0.39, 0.29) is 10.8 Å². The van der Waals surface area contributed by atoms with E-state index in [4.69, 9.17) is 0 Å². The van der Waals surface area contributed by atoms with Gasteiger partial charge < -0.3 is 9.80 Å². The van der Waals surface area contributed by atoms with Gasteiger partial charge in [0, 0.05) is 44.7 Å². The van der Waals surface area contributed by atoms with Crippen LogP contribution >= 0.6 is 0 Å². The fourth-order valence-electron chi connectivity index (χ4n) is 19.7. The Morgan fingerprint density at radius 2 is 0.454 bits per heavy atom. The van der Waals surface area contributed by atoms with Crippen LogP contribution in [-0.2, 0) is 21.7 Å². The summed E-state index contributed by atoms with van der Waals surface area (Å²) in [4.78, 5) is 5.10. The molecular formula is C106H80N2. The number of fused-ring (bicyclic) bond motifs is 12. The highest BCUT2D eigenvalue weighted by Crippen LogP contribution is 2.61. The van der Waals surface area contributed by atoms with Crippen molar-refractivity contribution in [2.75, 3.05) is 9.80 Å². The first-order valence-corrected chi connectivity index (χ1v) is 38.1. The fraction of sp³-hybridized carbons (Fsp3) is 0.0943. The zero-order chi connectivity index (χ0) is 72.6. The van der Waals surface area contributed by atoms with Crippen LogP contribution < -0.4 is 9.80 Å². The van der Waals surface area contributed by atoms with Crippen molar-refractivity contribution in [2.45, 2.75) is 63.2 Å². The van der Waals surface area contributed by atoms with Gasteiger partial charge in [0.2, 0.25) is 0 Å². The summed E-state index contributed by atoms with van der Waals surface area (Å²) in [7, 11) is 0. The third kappa shape index (κ3) is 9.59. The van der Waals surface area contributed by atoms with Gasteiger partial charge in [0.25, 0.3) is 0 Å². The zero-order valence-corrected chi connectivity index (χ0v) is 61.7. The van der Waals surface area contributed by atoms with Crippen LogP contribution in [0.4, 0.5) is 34.1 Å². The molecule has 4 aliphatic rings. The standard InChI is InChI=1S/C106H80N2/c1-69-63-71(53-61-99(69)107(101-49-29-23-39-81(101)73-51-57-87-83-41-19-25-45-91(83)103(3,4)95(87)65-73)79-55-59-89-85-43-21-27-47-93(85)105(97(89)67-79,75-31-11-7-12-32-75)76-33-13-8-14-34-76)72-54-62-100(70(2)64-72)108(102-50-30-24-40-82(102)74-52-58-88-84-42-20-26-46-92(84)104(5,6)96(88)66-74)80-56-60-90-86-44-22-28-48-94(86)106(98(90)68-80,77-35-15-9-16-36-77)78-37-17-10-18-38-78/h7-68H,1-6H3. The molecule has 0 aromatic heterocycles. The van der Waals surface area contributed by atoms with Gasteiger partial charge in [-0.25, -0.2) is 0 Å². The van der Waals surface area contributed by atoms with Gasteiger partial charge in [0.05, 0.1) is 22.2 Å². The molecular weight excluding hydrogens is 1300 g/mol. The summed E-state index contributed by atoms with van der Waals surface area (Å²) < 4.78 is 0. The minimum absolute atomic E-state index is 0.170. The molecule has 20 rings (SSSR count). The van der Waals surface area contributed by atoms with E-state index in [1.807, 2.05) is 0 Å². The molecule has 0 radical (unpaired) electrons. The molecule has 2 heteroatoms. The molecule has 514 valence electrons. The van der Waals surface area contributed by atoms with E-state index < -0.39 is 10.8 Å². The summed E-state index contributed by atoms with van der Waals surface area (Å²) in [6.45, 7) is 14.1. The minimum atomic E-state index is -0.593. The molecule has 0 aliphatic heterocycles. The van der Waals surface area contributed by atoms with E-state index in [1.54, 1.807) is 0 Å². The summed E-state index contributed by atoms with van der Waals surface area (Å²) in [5.41, 5.74) is 40.2. The topological polar surface area (TPSA) is 6.48 Å². The summed E-state index contributed by atoms with van der Waals surface area (Å²) >= 11 is 0. The number of para-hydroxylation sites is 2. The number of nitrogens with zero attached hydrogens (tertiary/aromatic N) is 2. The van der Waals surface area contributed by atoms with Crippen molar-refractivity contribution in [1.29, 1.82) is 0 Å². The smallest absolute Gasteiger partial charge is 0.0714 e. The predicted molar refractivity (Wildman–Crippen MR) is 451 cm³/mol. The van der Waals surface area contributed by atoms with Crippen LogP contribution in [0.15, 0.2) is 376 Å². The SMILES string of the molecule is Cc1cc(-c2ccc(N(c3ccc4c(c3)C(c3ccccc3)(c3ccccc3)c3ccccc3-4)c3ccccc3-c3ccc4c(c3)C(C)(C)c3ccccc3-4)c(C)c2)ccc1N(c1ccc2c(c1)C(c1ccccc1)(c1ccccc1)c1ccccc1-2)c1ccccc1-c1ccc2c(c1)C(C)(C)c1ccccc1-2. The number of hydrogen-bond donors (Lipinski definition) is 0. The molecule has 16 aromatic rings. The third-order valence-corrected chi connectivity index (χ3v) is 24.7. The molecule has 0 fully saturated rings. The van der Waals surface area contributed by atoms with Gasteiger partial charge in [-0.1, -0.05) is 331 Å². The van der Waals surface area contributed by atoms with Gasteiger partial charge >= 0.3 is 0 Å². The lowest BCUT2D eigenvalue weighted by Crippen LogP contribution is -2.28. The fourth-order valence-corrected chi connectivity index (χ4v) is 19.7. The maximum atomic E-state index is 2.55. The Balaban J connectivity index is 0.756. The largest absolute Gasteiger partial charge is 0.310 e. The Morgan fingerprint density at radius 1 is 0.185 bits per heavy atom. The van der Waals surface area contributed by atoms with Crippen molar-refractivity contribution in [3.8, 4) is 77.9 Å². The molecule has 0 saturated carbocycles. The predicted octanol–water partition coefficient (Wildman–Crippen LogP) is 27.6. The maximum absolute atomic E-state index is 2.55. The van der Waals surface area contributed by atoms with Gasteiger partial charge in [-0.05, 0) is 231 Å². The zero-order valence-electron chi connectivity index (χ0n) is 61.7. The first kappa shape index (κ1) is 64.7. The van der Waals surface area contributed by atoms with E-state index in [2.05, 4.69) is 427 Å². The number of aryl methyl sites for hydroxylation is 2. The van der Waals surface area contributed by atoms with E-state index in [0.29, 0.717) is 0 Å². The molecule has 0 heterocycles. The first-order chi connectivity index (χ1) is 52.9. The lowest BCUT2D eigenvalue weighted by molar-refractivity contribution is 0.660. The van der Waals surface area contributed by atoms with E-state index in [1.165, 1.54) is 134 Å². The van der Waals surface area contributed by atoms with Crippen LogP contribution in [0.25, 0.3) is 77.9 Å². The molecule has 108 heavy (non-hydrogen) atoms. The van der Waals surface area contributed by atoms with Crippen LogP contribution in [0, 0.1) is 13.8 Å². The van der Waals surface area contributed by atoms with E-state index in [0.717, 1.165) is 56.4 Å². The normalized spacial score (nSPS) is 14.3. The van der Waals surface area contributed by atoms with Crippen LogP contribution in [0.3, 0.4) is 0 Å². The molecule has 16 aromatic carbocycles. The van der Waals surface area contributed by atoms with Gasteiger partial charge in [0.1, 0.15) is 0 Å². The monoisotopic (exact) mass is 1380 g/mol. The second-order valence-corrected chi connectivity index (χ2v) is 31.1. The molecule has 2 nitrogen and oxygen atoms in total. The van der Waals surface area contributed by atoms with Crippen molar-refractivity contribution >= 4 is 34.1 Å². The second-order valence-electron chi connectivity index (χ2n) is 31.1. The Hall–Kier alpha value is -12.9. The molecule has 0 saturated heterocycles. The Morgan fingerprint density at radius 3 is 0.806 bits per heavy atom. The van der Waals surface area contributed by atoms with Crippen molar-refractivity contribution in [3.05, 3.63) is 454 Å². The Kier molecular flexibility index (Phi) is 14.9. The number of hydrogen-bond acceptors (Lipinski definition) is 2. The number of rotatable bonds is 13. The summed E-state index contributed by atoms with van der Waals surface area (Å²) in [6, 6.07) is 142. The highest BCUT2D eigenvalue weighted by molar-refractivity contribution is 5.98. The number of benzene rings is 16. The number of anilines is 6. The minimum Gasteiger partial charge on any atom is -0.310 e. The second kappa shape index (κ2) is 24.9. The molecule has 0 bridgehead atoms. The summed E-state index contributed by atoms with van der Waals surface area (Å²) in [5.74, 6) is 0. The summed E-state index contributed by atoms with van der Waals surface area (Å²) in [6.07, 6.45) is 0. The van der Waals surface area contributed by atoms with Crippen molar-refractivity contribution < 1.29 is 0 Å². The maximum Gasteiger partial charge on any atom is 0.0714 e. The average molecular weight is 1380 g/mol. The lowest BCUT2D eigenvalue weighted by atomic mass is 9.67. The first-order valence-electron chi connectivity index (χ1n) is 38.1. The highest BCUT2D eigenvalue weighted by atomic mass is 15.2. The van der Waals surface area contributed by atoms with Crippen molar-refractivity contribution in [1.82, 2.24) is 0 Å². The third-order valence-electron chi connectivity index (χ3n) is 24.7. The van der Waals surface area contributed by atoms with Crippen LogP contribution in [0.2, 0.25) is 0 Å². The van der Waals surface area contributed by atoms with Crippen LogP contribution in [0.5, 0.6) is 0 Å². The van der Waals surface area contributed by atoms with Crippen molar-refractivity contribution in [2.24, 2.45) is 0 Å². The molecule has 0 N–H and O–H groups in total. The molecule has 0 unspecified atom stereocenters. The summed E-state index contributed by atoms with van der Waals surface area (Å²) in [5, 5.41) is 0. The Bertz CT molecular complexity index is 5810. The molecule has 0 amide bonds. The highest BCUT2D eigenvalue weighted by Gasteiger charge is 2.49. The van der Waals surface area contributed by atoms with Crippen LogP contribution in [-0.4, -0.2) is 0 Å². The van der Waals surface area contributed by atoms with Gasteiger partial charge in [-0.15, -0.1) is 0 Å². The van der Waals surface area contributed by atoms with Gasteiger partial charge in [-0.3, -0.25) is 0 Å². The van der Waals surface area contributed by atoms with E-state index >= 15 is 0 Å². The lowest BCUT2D eigenvalue weighted by Gasteiger charge is -2.35.